The molecule has 3 heterocycles. The van der Waals surface area contributed by atoms with Crippen molar-refractivity contribution in [3.05, 3.63) is 63.3 Å². The lowest BCUT2D eigenvalue weighted by Crippen LogP contribution is -2.26. The van der Waals surface area contributed by atoms with E-state index in [0.717, 1.165) is 44.6 Å². The molecule has 0 aliphatic carbocycles. The molecule has 3 aromatic rings. The van der Waals surface area contributed by atoms with Gasteiger partial charge in [0.05, 0.1) is 11.1 Å². The van der Waals surface area contributed by atoms with Crippen LogP contribution >= 0.6 is 34.9 Å². The SMILES string of the molecule is C=C(C)CSc1nc2sc3c(c2c(=O)n1-c1ccccc1)CC(C)(C)SC3. The summed E-state index contributed by atoms with van der Waals surface area (Å²) < 4.78 is 1.93. The molecule has 1 aliphatic heterocycles. The molecule has 6 heteroatoms. The molecule has 2 aromatic heterocycles. The summed E-state index contributed by atoms with van der Waals surface area (Å²) in [6.45, 7) is 10.5. The fraction of sp³-hybridized carbons (Fsp3) is 0.333. The van der Waals surface area contributed by atoms with Crippen LogP contribution in [0.4, 0.5) is 0 Å². The highest BCUT2D eigenvalue weighted by atomic mass is 32.2. The zero-order valence-electron chi connectivity index (χ0n) is 15.7. The van der Waals surface area contributed by atoms with Gasteiger partial charge < -0.3 is 0 Å². The van der Waals surface area contributed by atoms with Gasteiger partial charge in [-0.15, -0.1) is 23.1 Å². The molecular weight excluding hydrogens is 392 g/mol. The lowest BCUT2D eigenvalue weighted by molar-refractivity contribution is 0.698. The van der Waals surface area contributed by atoms with Crippen LogP contribution in [0.1, 0.15) is 31.2 Å². The predicted molar refractivity (Wildman–Crippen MR) is 120 cm³/mol. The van der Waals surface area contributed by atoms with Crippen molar-refractivity contribution in [2.24, 2.45) is 0 Å². The maximum Gasteiger partial charge on any atom is 0.267 e. The fourth-order valence-corrected chi connectivity index (χ4v) is 6.50. The number of hydrogen-bond donors (Lipinski definition) is 0. The number of para-hydroxylation sites is 1. The molecule has 0 atom stereocenters. The van der Waals surface area contributed by atoms with E-state index in [9.17, 15) is 4.79 Å². The Balaban J connectivity index is 1.97. The van der Waals surface area contributed by atoms with E-state index in [1.807, 2.05) is 49.0 Å². The molecule has 140 valence electrons. The molecule has 0 saturated heterocycles. The first-order valence-electron chi connectivity index (χ1n) is 8.89. The largest absolute Gasteiger partial charge is 0.268 e. The van der Waals surface area contributed by atoms with Crippen molar-refractivity contribution < 1.29 is 0 Å². The summed E-state index contributed by atoms with van der Waals surface area (Å²) in [5.41, 5.74) is 3.19. The highest BCUT2D eigenvalue weighted by molar-refractivity contribution is 8.00. The van der Waals surface area contributed by atoms with Crippen LogP contribution in [0.5, 0.6) is 0 Å². The first-order valence-corrected chi connectivity index (χ1v) is 11.7. The zero-order chi connectivity index (χ0) is 19.2. The molecule has 0 spiro atoms. The van der Waals surface area contributed by atoms with Gasteiger partial charge in [0.25, 0.3) is 5.56 Å². The highest BCUT2D eigenvalue weighted by Crippen LogP contribution is 2.44. The Hall–Kier alpha value is -1.50. The van der Waals surface area contributed by atoms with Crippen molar-refractivity contribution in [1.82, 2.24) is 9.55 Å². The summed E-state index contributed by atoms with van der Waals surface area (Å²) in [5.74, 6) is 1.71. The number of rotatable bonds is 4. The number of thioether (sulfide) groups is 2. The molecule has 0 bridgehead atoms. The second-order valence-electron chi connectivity index (χ2n) is 7.53. The van der Waals surface area contributed by atoms with Crippen LogP contribution in [-0.2, 0) is 12.2 Å². The second kappa shape index (κ2) is 7.15. The summed E-state index contributed by atoms with van der Waals surface area (Å²) in [7, 11) is 0. The monoisotopic (exact) mass is 414 g/mol. The Morgan fingerprint density at radius 3 is 2.78 bits per heavy atom. The third kappa shape index (κ3) is 3.62. The Bertz CT molecular complexity index is 1080. The summed E-state index contributed by atoms with van der Waals surface area (Å²) in [6.07, 6.45) is 0.914. The van der Waals surface area contributed by atoms with Gasteiger partial charge in [-0.05, 0) is 31.0 Å². The first-order chi connectivity index (χ1) is 12.9. The maximum atomic E-state index is 13.6. The van der Waals surface area contributed by atoms with Crippen LogP contribution < -0.4 is 5.56 Å². The standard InChI is InChI=1S/C21H22N2OS3/c1-13(2)11-25-20-22-18-17(15-10-21(3,4)26-12-16(15)27-18)19(24)23(20)14-8-6-5-7-9-14/h5-9H,1,10-12H2,2-4H3. The van der Waals surface area contributed by atoms with Crippen LogP contribution in [0, 0.1) is 0 Å². The van der Waals surface area contributed by atoms with Gasteiger partial charge in [-0.3, -0.25) is 9.36 Å². The van der Waals surface area contributed by atoms with E-state index in [4.69, 9.17) is 4.98 Å². The molecule has 0 radical (unpaired) electrons. The molecule has 1 aliphatic rings. The third-order valence-electron chi connectivity index (χ3n) is 4.54. The molecule has 0 amide bonds. The van der Waals surface area contributed by atoms with Gasteiger partial charge in [0, 0.05) is 21.1 Å². The van der Waals surface area contributed by atoms with Crippen LogP contribution in [0.25, 0.3) is 15.9 Å². The van der Waals surface area contributed by atoms with Gasteiger partial charge in [0.15, 0.2) is 5.16 Å². The van der Waals surface area contributed by atoms with Crippen molar-refractivity contribution in [1.29, 1.82) is 0 Å². The lowest BCUT2D eigenvalue weighted by Gasteiger charge is -2.28. The molecule has 0 fully saturated rings. The third-order valence-corrected chi connectivity index (χ3v) is 8.37. The molecular formula is C21H22N2OS3. The zero-order valence-corrected chi connectivity index (χ0v) is 18.2. The molecule has 1 aromatic carbocycles. The minimum absolute atomic E-state index is 0.0515. The second-order valence-corrected chi connectivity index (χ2v) is 11.2. The van der Waals surface area contributed by atoms with E-state index < -0.39 is 0 Å². The predicted octanol–water partition coefficient (Wildman–Crippen LogP) is 5.68. The number of hydrogen-bond acceptors (Lipinski definition) is 5. The number of fused-ring (bicyclic) bond motifs is 3. The van der Waals surface area contributed by atoms with Crippen LogP contribution in [0.15, 0.2) is 52.4 Å². The minimum Gasteiger partial charge on any atom is -0.268 e. The molecule has 0 unspecified atom stereocenters. The summed E-state index contributed by atoms with van der Waals surface area (Å²) in [6, 6.07) is 9.83. The smallest absolute Gasteiger partial charge is 0.267 e. The maximum absolute atomic E-state index is 13.6. The van der Waals surface area contributed by atoms with Crippen molar-refractivity contribution in [3.63, 3.8) is 0 Å². The van der Waals surface area contributed by atoms with E-state index >= 15 is 0 Å². The van der Waals surface area contributed by atoms with E-state index in [1.54, 1.807) is 27.7 Å². The average Bonchev–Trinajstić information content (AvgIpc) is 2.97. The van der Waals surface area contributed by atoms with Crippen LogP contribution in [-0.4, -0.2) is 20.1 Å². The fourth-order valence-electron chi connectivity index (χ4n) is 3.26. The first kappa shape index (κ1) is 18.8. The normalized spacial score (nSPS) is 15.7. The van der Waals surface area contributed by atoms with E-state index in [2.05, 4.69) is 20.4 Å². The summed E-state index contributed by atoms with van der Waals surface area (Å²) in [4.78, 5) is 20.7. The van der Waals surface area contributed by atoms with Crippen LogP contribution in [0.3, 0.4) is 0 Å². The van der Waals surface area contributed by atoms with Crippen molar-refractivity contribution in [3.8, 4) is 5.69 Å². The summed E-state index contributed by atoms with van der Waals surface area (Å²) in [5, 5.41) is 1.55. The van der Waals surface area contributed by atoms with Crippen LogP contribution in [0.2, 0.25) is 0 Å². The van der Waals surface area contributed by atoms with Gasteiger partial charge in [-0.1, -0.05) is 56.0 Å². The van der Waals surface area contributed by atoms with E-state index in [0.29, 0.717) is 0 Å². The van der Waals surface area contributed by atoms with E-state index in [-0.39, 0.29) is 10.3 Å². The Morgan fingerprint density at radius 1 is 1.33 bits per heavy atom. The van der Waals surface area contributed by atoms with Crippen molar-refractivity contribution in [2.45, 2.75) is 42.8 Å². The number of thiophene rings is 1. The molecule has 0 saturated carbocycles. The van der Waals surface area contributed by atoms with Gasteiger partial charge in [0.2, 0.25) is 0 Å². The Morgan fingerprint density at radius 2 is 2.07 bits per heavy atom. The molecule has 4 rings (SSSR count). The lowest BCUT2D eigenvalue weighted by atomic mass is 10.00. The number of benzene rings is 1. The van der Waals surface area contributed by atoms with Gasteiger partial charge in [0.1, 0.15) is 4.83 Å². The summed E-state index contributed by atoms with van der Waals surface area (Å²) >= 11 is 5.22. The molecule has 3 nitrogen and oxygen atoms in total. The topological polar surface area (TPSA) is 34.9 Å². The van der Waals surface area contributed by atoms with Gasteiger partial charge in [-0.25, -0.2) is 4.98 Å². The Kier molecular flexibility index (Phi) is 4.99. The van der Waals surface area contributed by atoms with Crippen molar-refractivity contribution >= 4 is 45.1 Å². The van der Waals surface area contributed by atoms with Crippen molar-refractivity contribution in [2.75, 3.05) is 5.75 Å². The number of aromatic nitrogens is 2. The van der Waals surface area contributed by atoms with Gasteiger partial charge in [-0.2, -0.15) is 0 Å². The minimum atomic E-state index is 0.0515. The highest BCUT2D eigenvalue weighted by Gasteiger charge is 2.31. The number of nitrogens with zero attached hydrogens (tertiary/aromatic N) is 2. The van der Waals surface area contributed by atoms with E-state index in [1.165, 1.54) is 10.4 Å². The molecule has 0 N–H and O–H groups in total. The quantitative estimate of drug-likeness (QED) is 0.312. The van der Waals surface area contributed by atoms with Gasteiger partial charge >= 0.3 is 0 Å². The molecule has 27 heavy (non-hydrogen) atoms. The average molecular weight is 415 g/mol. The Labute approximate surface area is 171 Å².